The Bertz CT molecular complexity index is 4380. The molecule has 0 bridgehead atoms. The molecule has 8 atom stereocenters. The highest BCUT2D eigenvalue weighted by Gasteiger charge is 2.27. The first-order chi connectivity index (χ1) is 55.0. The zero-order valence-electron chi connectivity index (χ0n) is 74.0. The molecule has 1 fully saturated rings. The van der Waals surface area contributed by atoms with Gasteiger partial charge in [0.15, 0.2) is 11.6 Å². The van der Waals surface area contributed by atoms with E-state index in [-0.39, 0.29) is 93.6 Å². The molecule has 0 aliphatic carbocycles. The average molecular weight is 1960 g/mol. The van der Waals surface area contributed by atoms with Gasteiger partial charge in [0.05, 0.1) is 72.9 Å². The van der Waals surface area contributed by atoms with Crippen molar-refractivity contribution in [2.45, 2.75) is 237 Å². The molecule has 17 nitrogen and oxygen atoms in total. The zero-order chi connectivity index (χ0) is 92.1. The van der Waals surface area contributed by atoms with Gasteiger partial charge in [-0.25, -0.2) is 4.39 Å². The Labute approximate surface area is 766 Å². The fourth-order valence-corrected chi connectivity index (χ4v) is 13.5. The van der Waals surface area contributed by atoms with Gasteiger partial charge in [-0.15, -0.1) is 0 Å². The normalized spacial score (nSPS) is 14.6. The Kier molecular flexibility index (Phi) is 46.9. The molecule has 1 heterocycles. The van der Waals surface area contributed by atoms with Crippen LogP contribution in [0.5, 0.6) is 34.5 Å². The van der Waals surface area contributed by atoms with Crippen molar-refractivity contribution in [3.05, 3.63) is 205 Å². The molecule has 1 aliphatic heterocycles. The van der Waals surface area contributed by atoms with E-state index in [1.54, 1.807) is 99.6 Å². The molecular formula is C92H127Br2Cl7FNO16S. The summed E-state index contributed by atoms with van der Waals surface area (Å²) in [4.78, 5) is 26.3. The van der Waals surface area contributed by atoms with E-state index in [1.807, 2.05) is 175 Å². The second-order valence-electron chi connectivity index (χ2n) is 35.3. The SMILES string of the molecule is CC(C)(C)Oc1ccc(Br)cc1Cl.CC[C@@H](C)C(=O)c1ccc(OC(C)(C)C)c(Cl)c1.C[C@H](CN1CCCC1)[C@H](O)c1ccc(OC(C)(C)C)c(Cl)c1.C[C@H](CO)C(=O)c1ccc(OC(C)(C)C)c(Cl)c1.C[C@H](CO)[C@H](O)c1ccc(OC(C)(C)C)c(Cl)c1.C[C@H](COS(C)(=O)=O)[C@H](O)c1ccc(OC(C)(C)C)c(Cl)c1.Fc1ccc(Br)cc1Cl. The molecule has 28 heteroatoms. The molecule has 120 heavy (non-hydrogen) atoms. The standard InChI is InChI=1S/C18H28ClNO2.C15H23ClO5S.C15H21ClO2.C14H21ClO3.C14H19ClO3.C10H12BrClO.C6H3BrClF/c1-13(12-20-9-5-6-10-20)17(21)14-7-8-16(15(19)11-14)22-18(2,3)4;1-10(9-20-22(5,18)19)14(17)11-6-7-13(12(16)8-11)21-15(2,3)4;1-6-10(2)14(17)11-7-8-13(12(16)9-11)18-15(3,4)5;2*1-9(8-16)13(17)10-5-6-12(11(15)7-10)18-14(2,3)4;1-10(2,3)13-9-5-4-7(11)6-8(9)12;7-4-1-2-6(9)5(8)3-4/h7-8,11,13,17,21H,5-6,9-10,12H2,1-4H3;6-8,10,14,17H,9H2,1-5H3;7-10H,6H2,1-5H3;5-7,9,13,16-17H,8H2,1-4H3;5-7,9,16H,8H2,1-4H3;4-6H,1-3H3;1-3H/t13-,17+;10-,14+;10-;9-,13+;9-;;/m11111../s1. The van der Waals surface area contributed by atoms with Gasteiger partial charge in [0.1, 0.15) is 73.9 Å². The van der Waals surface area contributed by atoms with Crippen LogP contribution in [0, 0.1) is 35.4 Å². The van der Waals surface area contributed by atoms with Crippen molar-refractivity contribution >= 4 is 135 Å². The number of Topliss-reactive ketones (excluding diaryl/α,β-unsaturated/α-hetero) is 2. The number of ether oxygens (including phenoxy) is 6. The fraction of sp³-hybridized carbons (Fsp3) is 0.522. The number of rotatable bonds is 24. The minimum absolute atomic E-state index is 0.0236. The number of hydrogen-bond donors (Lipinski definition) is 5. The van der Waals surface area contributed by atoms with Crippen LogP contribution in [0.3, 0.4) is 0 Å². The average Bonchev–Trinajstić information content (AvgIpc) is 0.939. The summed E-state index contributed by atoms with van der Waals surface area (Å²) in [5.41, 5.74) is 1.43. The van der Waals surface area contributed by atoms with E-state index in [0.29, 0.717) is 81.1 Å². The van der Waals surface area contributed by atoms with Gasteiger partial charge in [0.25, 0.3) is 10.1 Å². The molecule has 1 saturated heterocycles. The van der Waals surface area contributed by atoms with Gasteiger partial charge in [-0.3, -0.25) is 13.8 Å². The van der Waals surface area contributed by atoms with Crippen molar-refractivity contribution in [2.75, 3.05) is 45.7 Å². The van der Waals surface area contributed by atoms with Crippen LogP contribution in [0.15, 0.2) is 136 Å². The number of carbonyl (C=O) groups excluding carboxylic acids is 2. The van der Waals surface area contributed by atoms with Crippen molar-refractivity contribution in [3.63, 3.8) is 0 Å². The number of hydrogen-bond acceptors (Lipinski definition) is 17. The number of nitrogens with zero attached hydrogens (tertiary/aromatic N) is 1. The van der Waals surface area contributed by atoms with Gasteiger partial charge in [0.2, 0.25) is 0 Å². The summed E-state index contributed by atoms with van der Waals surface area (Å²) < 4.78 is 75.0. The minimum atomic E-state index is -3.53. The molecule has 0 unspecified atom stereocenters. The molecule has 0 spiro atoms. The van der Waals surface area contributed by atoms with Crippen molar-refractivity contribution < 1.29 is 80.5 Å². The second kappa shape index (κ2) is 50.6. The summed E-state index contributed by atoms with van der Waals surface area (Å²) in [6, 6.07) is 36.0. The van der Waals surface area contributed by atoms with E-state index in [0.717, 1.165) is 52.6 Å². The second-order valence-corrected chi connectivity index (χ2v) is 41.7. The monoisotopic (exact) mass is 1960 g/mol. The first kappa shape index (κ1) is 111. The van der Waals surface area contributed by atoms with Crippen LogP contribution >= 0.6 is 113 Å². The molecule has 7 aromatic rings. The van der Waals surface area contributed by atoms with E-state index in [2.05, 4.69) is 43.7 Å². The van der Waals surface area contributed by atoms with Crippen molar-refractivity contribution in [2.24, 2.45) is 29.6 Å². The Hall–Kier alpha value is -4.73. The first-order valence-electron chi connectivity index (χ1n) is 39.5. The molecule has 8 rings (SSSR count). The van der Waals surface area contributed by atoms with Crippen LogP contribution in [0.4, 0.5) is 4.39 Å². The topological polar surface area (TPSA) is 237 Å². The predicted molar refractivity (Wildman–Crippen MR) is 498 cm³/mol. The summed E-state index contributed by atoms with van der Waals surface area (Å²) in [5.74, 6) is 2.45. The molecule has 5 N–H and O–H groups in total. The summed E-state index contributed by atoms with van der Waals surface area (Å²) in [5, 5.41) is 51.9. The van der Waals surface area contributed by atoms with Gasteiger partial charge < -0.3 is 58.9 Å². The zero-order valence-corrected chi connectivity index (χ0v) is 83.2. The number of carbonyl (C=O) groups is 2. The number of aliphatic hydroxyl groups is 5. The van der Waals surface area contributed by atoms with E-state index in [1.165, 1.54) is 25.0 Å². The largest absolute Gasteiger partial charge is 0.487 e. The number of ketones is 2. The molecule has 7 aromatic carbocycles. The summed E-state index contributed by atoms with van der Waals surface area (Å²) in [6.07, 6.45) is 2.24. The molecule has 0 radical (unpaired) electrons. The maximum absolute atomic E-state index is 12.3. The van der Waals surface area contributed by atoms with Crippen LogP contribution < -0.4 is 28.4 Å². The maximum Gasteiger partial charge on any atom is 0.264 e. The third kappa shape index (κ3) is 44.4. The van der Waals surface area contributed by atoms with E-state index in [9.17, 15) is 37.7 Å². The lowest BCUT2D eigenvalue weighted by atomic mass is 9.97. The highest BCUT2D eigenvalue weighted by atomic mass is 79.9. The molecule has 0 aromatic heterocycles. The van der Waals surface area contributed by atoms with Crippen LogP contribution in [-0.4, -0.2) is 130 Å². The third-order valence-corrected chi connectivity index (χ3v) is 20.2. The molecule has 1 aliphatic rings. The first-order valence-corrected chi connectivity index (χ1v) is 45.6. The highest BCUT2D eigenvalue weighted by molar-refractivity contribution is 9.10. The van der Waals surface area contributed by atoms with Crippen LogP contribution in [0.2, 0.25) is 35.2 Å². The molecule has 672 valence electrons. The summed E-state index contributed by atoms with van der Waals surface area (Å²) in [6.45, 7) is 49.2. The smallest absolute Gasteiger partial charge is 0.264 e. The number of halogens is 10. The van der Waals surface area contributed by atoms with Gasteiger partial charge in [0, 0.05) is 56.9 Å². The Balaban J connectivity index is 0.000000480. The Morgan fingerprint density at radius 2 is 0.700 bits per heavy atom. The fourth-order valence-electron chi connectivity index (χ4n) is 10.6. The maximum atomic E-state index is 12.3. The number of likely N-dealkylation sites (tertiary alicyclic amines) is 1. The third-order valence-electron chi connectivity index (χ3n) is 16.6. The lowest BCUT2D eigenvalue weighted by Gasteiger charge is -2.26. The highest BCUT2D eigenvalue weighted by Crippen LogP contribution is 2.39. The summed E-state index contributed by atoms with van der Waals surface area (Å²) in [7, 11) is -3.53. The van der Waals surface area contributed by atoms with Gasteiger partial charge >= 0.3 is 0 Å². The van der Waals surface area contributed by atoms with Crippen molar-refractivity contribution in [1.29, 1.82) is 0 Å². The number of benzene rings is 7. The molecule has 0 amide bonds. The summed E-state index contributed by atoms with van der Waals surface area (Å²) >= 11 is 48.7. The lowest BCUT2D eigenvalue weighted by molar-refractivity contribution is 0.0768. The number of aliphatic hydroxyl groups excluding tert-OH is 5. The van der Waals surface area contributed by atoms with Crippen LogP contribution in [-0.2, 0) is 14.3 Å². The van der Waals surface area contributed by atoms with Crippen LogP contribution in [0.25, 0.3) is 0 Å². The van der Waals surface area contributed by atoms with E-state index >= 15 is 0 Å². The van der Waals surface area contributed by atoms with Gasteiger partial charge in [-0.05, 0) is 289 Å². The van der Waals surface area contributed by atoms with E-state index in [4.69, 9.17) is 124 Å². The Morgan fingerprint density at radius 1 is 0.417 bits per heavy atom. The molecule has 0 saturated carbocycles. The minimum Gasteiger partial charge on any atom is -0.487 e. The lowest BCUT2D eigenvalue weighted by Crippen LogP contribution is -2.28. The van der Waals surface area contributed by atoms with Crippen LogP contribution in [0.1, 0.15) is 241 Å². The quantitative estimate of drug-likeness (QED) is 0.0215. The predicted octanol–water partition coefficient (Wildman–Crippen LogP) is 26.2. The van der Waals surface area contributed by atoms with Gasteiger partial charge in [-0.1, -0.05) is 173 Å². The Morgan fingerprint density at radius 3 is 0.975 bits per heavy atom. The van der Waals surface area contributed by atoms with E-state index < -0.39 is 40.3 Å². The van der Waals surface area contributed by atoms with Crippen molar-refractivity contribution in [1.82, 2.24) is 4.90 Å². The van der Waals surface area contributed by atoms with Crippen molar-refractivity contribution in [3.8, 4) is 34.5 Å². The molecular weight excluding hydrogens is 1830 g/mol. The van der Waals surface area contributed by atoms with Gasteiger partial charge in [-0.2, -0.15) is 8.42 Å².